The molecule has 0 aliphatic rings. The molecular formula is C9H9N5O2S. The molecule has 88 valence electrons. The Kier molecular flexibility index (Phi) is 3.24. The summed E-state index contributed by atoms with van der Waals surface area (Å²) in [5.74, 6) is -0.108. The van der Waals surface area contributed by atoms with Crippen molar-refractivity contribution >= 4 is 17.6 Å². The second-order valence-electron chi connectivity index (χ2n) is 3.05. The minimum Gasteiger partial charge on any atom is -0.439 e. The third kappa shape index (κ3) is 2.53. The number of aryl methyl sites for hydroxylation is 1. The molecule has 0 saturated heterocycles. The van der Waals surface area contributed by atoms with Gasteiger partial charge in [-0.2, -0.15) is 0 Å². The van der Waals surface area contributed by atoms with E-state index in [1.807, 2.05) is 6.92 Å². The second kappa shape index (κ2) is 4.83. The topological polar surface area (TPSA) is 110 Å². The first-order valence-corrected chi connectivity index (χ1v) is 5.41. The SMILES string of the molecule is Cc1coc(Sc2nccnc2C(N)=NO)n1. The molecule has 0 saturated carbocycles. The Bertz CT molecular complexity index is 554. The van der Waals surface area contributed by atoms with Crippen molar-refractivity contribution in [2.45, 2.75) is 17.2 Å². The van der Waals surface area contributed by atoms with E-state index in [-0.39, 0.29) is 11.5 Å². The predicted molar refractivity (Wildman–Crippen MR) is 59.9 cm³/mol. The number of rotatable bonds is 3. The summed E-state index contributed by atoms with van der Waals surface area (Å²) in [6, 6.07) is 0. The summed E-state index contributed by atoms with van der Waals surface area (Å²) in [7, 11) is 0. The molecule has 0 radical (unpaired) electrons. The monoisotopic (exact) mass is 251 g/mol. The Balaban J connectivity index is 2.32. The average Bonchev–Trinajstić information content (AvgIpc) is 2.74. The van der Waals surface area contributed by atoms with E-state index in [0.29, 0.717) is 10.2 Å². The van der Waals surface area contributed by atoms with Gasteiger partial charge in [-0.25, -0.2) is 15.0 Å². The van der Waals surface area contributed by atoms with Crippen molar-refractivity contribution in [2.75, 3.05) is 0 Å². The predicted octanol–water partition coefficient (Wildman–Crippen LogP) is 1.02. The molecule has 0 bridgehead atoms. The largest absolute Gasteiger partial charge is 0.439 e. The van der Waals surface area contributed by atoms with E-state index in [1.54, 1.807) is 0 Å². The van der Waals surface area contributed by atoms with Gasteiger partial charge in [0.1, 0.15) is 17.0 Å². The average molecular weight is 251 g/mol. The van der Waals surface area contributed by atoms with Crippen LogP contribution in [-0.4, -0.2) is 26.0 Å². The van der Waals surface area contributed by atoms with Crippen LogP contribution in [0.15, 0.2) is 38.5 Å². The van der Waals surface area contributed by atoms with Crippen molar-refractivity contribution < 1.29 is 9.62 Å². The third-order valence-corrected chi connectivity index (χ3v) is 2.65. The first-order valence-electron chi connectivity index (χ1n) is 4.59. The highest BCUT2D eigenvalue weighted by Gasteiger charge is 2.13. The van der Waals surface area contributed by atoms with Crippen LogP contribution in [-0.2, 0) is 0 Å². The molecule has 0 spiro atoms. The molecule has 0 aromatic carbocycles. The lowest BCUT2D eigenvalue weighted by atomic mass is 10.4. The zero-order chi connectivity index (χ0) is 12.3. The fraction of sp³-hybridized carbons (Fsp3) is 0.111. The number of hydrogen-bond donors (Lipinski definition) is 2. The van der Waals surface area contributed by atoms with Gasteiger partial charge in [0.15, 0.2) is 5.84 Å². The molecule has 2 heterocycles. The second-order valence-corrected chi connectivity index (χ2v) is 3.99. The molecule has 2 aromatic heterocycles. The van der Waals surface area contributed by atoms with Gasteiger partial charge in [0, 0.05) is 12.4 Å². The number of nitrogens with zero attached hydrogens (tertiary/aromatic N) is 4. The van der Waals surface area contributed by atoms with Crippen LogP contribution in [0.25, 0.3) is 0 Å². The minimum atomic E-state index is -0.108. The van der Waals surface area contributed by atoms with E-state index in [2.05, 4.69) is 20.1 Å². The molecule has 7 nitrogen and oxygen atoms in total. The number of oxazole rings is 1. The van der Waals surface area contributed by atoms with E-state index in [4.69, 9.17) is 15.4 Å². The normalized spacial score (nSPS) is 11.7. The van der Waals surface area contributed by atoms with Crippen LogP contribution in [0.3, 0.4) is 0 Å². The van der Waals surface area contributed by atoms with Crippen LogP contribution < -0.4 is 5.73 Å². The number of aromatic nitrogens is 3. The van der Waals surface area contributed by atoms with Crippen molar-refractivity contribution in [2.24, 2.45) is 10.9 Å². The molecule has 0 aliphatic heterocycles. The van der Waals surface area contributed by atoms with Crippen LogP contribution in [0.5, 0.6) is 0 Å². The van der Waals surface area contributed by atoms with Crippen molar-refractivity contribution in [3.63, 3.8) is 0 Å². The lowest BCUT2D eigenvalue weighted by Gasteiger charge is -2.02. The van der Waals surface area contributed by atoms with Crippen LogP contribution in [0.4, 0.5) is 0 Å². The lowest BCUT2D eigenvalue weighted by Crippen LogP contribution is -2.16. The Labute approximate surface area is 101 Å². The van der Waals surface area contributed by atoms with Gasteiger partial charge in [-0.15, -0.1) is 0 Å². The number of oxime groups is 1. The fourth-order valence-electron chi connectivity index (χ4n) is 1.08. The molecule has 17 heavy (non-hydrogen) atoms. The van der Waals surface area contributed by atoms with Crippen molar-refractivity contribution in [3.8, 4) is 0 Å². The first-order chi connectivity index (χ1) is 8.20. The minimum absolute atomic E-state index is 0.108. The maximum atomic E-state index is 8.63. The quantitative estimate of drug-likeness (QED) is 0.362. The molecular weight excluding hydrogens is 242 g/mol. The molecule has 0 atom stereocenters. The zero-order valence-electron chi connectivity index (χ0n) is 8.86. The highest BCUT2D eigenvalue weighted by Crippen LogP contribution is 2.26. The van der Waals surface area contributed by atoms with E-state index in [9.17, 15) is 0 Å². The highest BCUT2D eigenvalue weighted by molar-refractivity contribution is 7.99. The molecule has 3 N–H and O–H groups in total. The van der Waals surface area contributed by atoms with Gasteiger partial charge in [0.05, 0.1) is 5.69 Å². The summed E-state index contributed by atoms with van der Waals surface area (Å²) in [5.41, 5.74) is 6.54. The molecule has 0 aliphatic carbocycles. The summed E-state index contributed by atoms with van der Waals surface area (Å²) >= 11 is 1.16. The summed E-state index contributed by atoms with van der Waals surface area (Å²) in [6.07, 6.45) is 4.49. The summed E-state index contributed by atoms with van der Waals surface area (Å²) in [5, 5.41) is 12.4. The van der Waals surface area contributed by atoms with Gasteiger partial charge in [-0.1, -0.05) is 5.16 Å². The number of hydrogen-bond acceptors (Lipinski definition) is 7. The van der Waals surface area contributed by atoms with E-state index in [1.165, 1.54) is 18.7 Å². The molecule has 0 unspecified atom stereocenters. The number of amidine groups is 1. The van der Waals surface area contributed by atoms with Crippen molar-refractivity contribution in [3.05, 3.63) is 30.0 Å². The third-order valence-electron chi connectivity index (χ3n) is 1.80. The molecule has 2 aromatic rings. The standard InChI is InChI=1S/C9H9N5O2S/c1-5-4-16-9(13-5)17-8-6(7(10)14-15)11-2-3-12-8/h2-4,15H,1H3,(H2,10,14). The van der Waals surface area contributed by atoms with Crippen LogP contribution in [0.1, 0.15) is 11.4 Å². The van der Waals surface area contributed by atoms with Gasteiger partial charge in [-0.3, -0.25) is 0 Å². The molecule has 0 fully saturated rings. The summed E-state index contributed by atoms with van der Waals surface area (Å²) in [6.45, 7) is 1.81. The van der Waals surface area contributed by atoms with Gasteiger partial charge >= 0.3 is 0 Å². The Morgan fingerprint density at radius 2 is 2.24 bits per heavy atom. The van der Waals surface area contributed by atoms with Gasteiger partial charge < -0.3 is 15.4 Å². The van der Waals surface area contributed by atoms with Gasteiger partial charge in [0.25, 0.3) is 5.22 Å². The first kappa shape index (κ1) is 11.4. The maximum Gasteiger partial charge on any atom is 0.262 e. The molecule has 0 amide bonds. The van der Waals surface area contributed by atoms with E-state index < -0.39 is 0 Å². The van der Waals surface area contributed by atoms with Crippen LogP contribution >= 0.6 is 11.8 Å². The smallest absolute Gasteiger partial charge is 0.262 e. The lowest BCUT2D eigenvalue weighted by molar-refractivity contribution is 0.318. The Morgan fingerprint density at radius 3 is 2.88 bits per heavy atom. The fourth-order valence-corrected chi connectivity index (χ4v) is 1.90. The molecule has 8 heteroatoms. The zero-order valence-corrected chi connectivity index (χ0v) is 9.68. The van der Waals surface area contributed by atoms with Crippen molar-refractivity contribution in [1.82, 2.24) is 15.0 Å². The number of nitrogens with two attached hydrogens (primary N) is 1. The summed E-state index contributed by atoms with van der Waals surface area (Å²) < 4.78 is 5.18. The maximum absolute atomic E-state index is 8.63. The van der Waals surface area contributed by atoms with Crippen molar-refractivity contribution in [1.29, 1.82) is 0 Å². The van der Waals surface area contributed by atoms with Gasteiger partial charge in [-0.05, 0) is 18.7 Å². The van der Waals surface area contributed by atoms with E-state index >= 15 is 0 Å². The highest BCUT2D eigenvalue weighted by atomic mass is 32.2. The van der Waals surface area contributed by atoms with Crippen LogP contribution in [0.2, 0.25) is 0 Å². The van der Waals surface area contributed by atoms with Gasteiger partial charge in [0.2, 0.25) is 0 Å². The Morgan fingerprint density at radius 1 is 1.47 bits per heavy atom. The Hall–Kier alpha value is -2.09. The summed E-state index contributed by atoms with van der Waals surface area (Å²) in [4.78, 5) is 12.2. The molecule has 2 rings (SSSR count). The van der Waals surface area contributed by atoms with Crippen LogP contribution in [0, 0.1) is 6.92 Å². The van der Waals surface area contributed by atoms with E-state index in [0.717, 1.165) is 17.5 Å².